The number of hydrogen-bond acceptors (Lipinski definition) is 4. The quantitative estimate of drug-likeness (QED) is 0.725. The topological polar surface area (TPSA) is 36.7 Å². The Morgan fingerprint density at radius 3 is 3.00 bits per heavy atom. The van der Waals surface area contributed by atoms with Crippen molar-refractivity contribution in [2.45, 2.75) is 18.9 Å². The van der Waals surface area contributed by atoms with Gasteiger partial charge in [0.1, 0.15) is 0 Å². The molecule has 1 aromatic heterocycles. The first-order chi connectivity index (χ1) is 7.70. The van der Waals surface area contributed by atoms with E-state index >= 15 is 0 Å². The number of anilines is 1. The summed E-state index contributed by atoms with van der Waals surface area (Å²) in [5.74, 6) is 1.16. The van der Waals surface area contributed by atoms with Gasteiger partial charge >= 0.3 is 0 Å². The number of aldehydes is 1. The Balaban J connectivity index is 1.96. The Kier molecular flexibility index (Phi) is 3.29. The highest BCUT2D eigenvalue weighted by molar-refractivity contribution is 5.71. The van der Waals surface area contributed by atoms with Gasteiger partial charge in [0, 0.05) is 25.7 Å². The molecule has 0 N–H and O–H groups in total. The summed E-state index contributed by atoms with van der Waals surface area (Å²) in [6.07, 6.45) is 3.24. The standard InChI is InChI=1S/C12H18N2O2/c1-13-7-3-4-10(13)8-14(2)12-6-5-11(9-15)16-12/h5-6,9-10H,3-4,7-8H2,1-2H3. The van der Waals surface area contributed by atoms with Crippen molar-refractivity contribution in [2.75, 3.05) is 32.1 Å². The van der Waals surface area contributed by atoms with Crippen molar-refractivity contribution in [3.63, 3.8) is 0 Å². The van der Waals surface area contributed by atoms with Crippen LogP contribution in [0.1, 0.15) is 23.4 Å². The second-order valence-corrected chi connectivity index (χ2v) is 4.45. The molecule has 1 aliphatic heterocycles. The molecule has 4 heteroatoms. The first kappa shape index (κ1) is 11.2. The minimum absolute atomic E-state index is 0.390. The fourth-order valence-electron chi connectivity index (χ4n) is 2.23. The zero-order chi connectivity index (χ0) is 11.5. The summed E-state index contributed by atoms with van der Waals surface area (Å²) in [5.41, 5.74) is 0. The molecule has 2 rings (SSSR count). The van der Waals surface area contributed by atoms with E-state index in [9.17, 15) is 4.79 Å². The molecule has 1 unspecified atom stereocenters. The van der Waals surface area contributed by atoms with Crippen molar-refractivity contribution in [3.8, 4) is 0 Å². The first-order valence-corrected chi connectivity index (χ1v) is 5.67. The lowest BCUT2D eigenvalue weighted by Crippen LogP contribution is -2.36. The first-order valence-electron chi connectivity index (χ1n) is 5.67. The van der Waals surface area contributed by atoms with Crippen molar-refractivity contribution in [1.82, 2.24) is 4.90 Å². The van der Waals surface area contributed by atoms with Crippen molar-refractivity contribution in [1.29, 1.82) is 0 Å². The predicted octanol–water partition coefficient (Wildman–Crippen LogP) is 1.62. The molecule has 0 aromatic carbocycles. The second kappa shape index (κ2) is 4.70. The van der Waals surface area contributed by atoms with E-state index in [-0.39, 0.29) is 0 Å². The average molecular weight is 222 g/mol. The maximum absolute atomic E-state index is 10.5. The fraction of sp³-hybridized carbons (Fsp3) is 0.583. The van der Waals surface area contributed by atoms with Gasteiger partial charge in [0.2, 0.25) is 0 Å². The van der Waals surface area contributed by atoms with Crippen LogP contribution in [0.15, 0.2) is 16.5 Å². The zero-order valence-electron chi connectivity index (χ0n) is 9.85. The van der Waals surface area contributed by atoms with Gasteiger partial charge in [-0.25, -0.2) is 0 Å². The number of rotatable bonds is 4. The van der Waals surface area contributed by atoms with Crippen molar-refractivity contribution >= 4 is 12.2 Å². The van der Waals surface area contributed by atoms with Gasteiger partial charge in [0.25, 0.3) is 0 Å². The van der Waals surface area contributed by atoms with Crippen LogP contribution < -0.4 is 4.90 Å². The molecular formula is C12H18N2O2. The van der Waals surface area contributed by atoms with Crippen LogP contribution >= 0.6 is 0 Å². The summed E-state index contributed by atoms with van der Waals surface area (Å²) >= 11 is 0. The number of likely N-dealkylation sites (N-methyl/N-ethyl adjacent to an activating group) is 2. The maximum Gasteiger partial charge on any atom is 0.196 e. The zero-order valence-corrected chi connectivity index (χ0v) is 9.85. The van der Waals surface area contributed by atoms with E-state index in [1.165, 1.54) is 19.4 Å². The molecule has 16 heavy (non-hydrogen) atoms. The van der Waals surface area contributed by atoms with Crippen LogP contribution in [0.5, 0.6) is 0 Å². The highest BCUT2D eigenvalue weighted by Crippen LogP contribution is 2.20. The molecule has 0 saturated carbocycles. The largest absolute Gasteiger partial charge is 0.438 e. The number of furan rings is 1. The molecule has 1 saturated heterocycles. The number of carbonyl (C=O) groups excluding carboxylic acids is 1. The van der Waals surface area contributed by atoms with E-state index in [2.05, 4.69) is 16.8 Å². The molecule has 4 nitrogen and oxygen atoms in total. The van der Waals surface area contributed by atoms with E-state index in [0.717, 1.165) is 18.7 Å². The molecule has 0 spiro atoms. The van der Waals surface area contributed by atoms with Gasteiger partial charge < -0.3 is 14.2 Å². The Morgan fingerprint density at radius 1 is 1.62 bits per heavy atom. The van der Waals surface area contributed by atoms with Crippen molar-refractivity contribution in [3.05, 3.63) is 17.9 Å². The highest BCUT2D eigenvalue weighted by atomic mass is 16.4. The van der Waals surface area contributed by atoms with Gasteiger partial charge in [-0.15, -0.1) is 0 Å². The lowest BCUT2D eigenvalue weighted by molar-refractivity contribution is 0.110. The third-order valence-electron chi connectivity index (χ3n) is 3.26. The summed E-state index contributed by atoms with van der Waals surface area (Å²) < 4.78 is 5.38. The average Bonchev–Trinajstić information content (AvgIpc) is 2.88. The molecule has 1 fully saturated rings. The van der Waals surface area contributed by atoms with E-state index in [1.54, 1.807) is 6.07 Å². The predicted molar refractivity (Wildman–Crippen MR) is 63.0 cm³/mol. The Labute approximate surface area is 95.8 Å². The number of hydrogen-bond donors (Lipinski definition) is 0. The molecule has 1 aliphatic rings. The van der Waals surface area contributed by atoms with E-state index < -0.39 is 0 Å². The maximum atomic E-state index is 10.5. The van der Waals surface area contributed by atoms with Crippen LogP contribution in [0.25, 0.3) is 0 Å². The third-order valence-corrected chi connectivity index (χ3v) is 3.26. The van der Waals surface area contributed by atoms with E-state index in [0.29, 0.717) is 11.8 Å². The van der Waals surface area contributed by atoms with Crippen LogP contribution in [0.3, 0.4) is 0 Å². The smallest absolute Gasteiger partial charge is 0.196 e. The monoisotopic (exact) mass is 222 g/mol. The normalized spacial score (nSPS) is 21.2. The molecule has 2 heterocycles. The molecular weight excluding hydrogens is 204 g/mol. The molecule has 88 valence electrons. The van der Waals surface area contributed by atoms with Gasteiger partial charge in [-0.1, -0.05) is 0 Å². The lowest BCUT2D eigenvalue weighted by Gasteiger charge is -2.25. The Bertz CT molecular complexity index is 362. The molecule has 1 atom stereocenters. The number of likely N-dealkylation sites (tertiary alicyclic amines) is 1. The van der Waals surface area contributed by atoms with Gasteiger partial charge in [0.05, 0.1) is 0 Å². The molecule has 1 aromatic rings. The summed E-state index contributed by atoms with van der Waals surface area (Å²) in [7, 11) is 4.16. The number of nitrogens with zero attached hydrogens (tertiary/aromatic N) is 2. The van der Waals surface area contributed by atoms with Crippen LogP contribution in [-0.4, -0.2) is 44.4 Å². The number of carbonyl (C=O) groups is 1. The highest BCUT2D eigenvalue weighted by Gasteiger charge is 2.22. The van der Waals surface area contributed by atoms with Gasteiger partial charge in [-0.05, 0) is 32.5 Å². The van der Waals surface area contributed by atoms with Gasteiger partial charge in [-0.3, -0.25) is 4.79 Å². The Hall–Kier alpha value is -1.29. The van der Waals surface area contributed by atoms with Crippen LogP contribution in [0.4, 0.5) is 5.88 Å². The van der Waals surface area contributed by atoms with Crippen molar-refractivity contribution < 1.29 is 9.21 Å². The summed E-state index contributed by atoms with van der Waals surface area (Å²) in [5, 5.41) is 0. The third kappa shape index (κ3) is 2.27. The van der Waals surface area contributed by atoms with Gasteiger partial charge in [0.15, 0.2) is 17.9 Å². The summed E-state index contributed by atoms with van der Waals surface area (Å²) in [6.45, 7) is 2.12. The molecule has 0 amide bonds. The van der Waals surface area contributed by atoms with Crippen LogP contribution in [0, 0.1) is 0 Å². The summed E-state index contributed by atoms with van der Waals surface area (Å²) in [6, 6.07) is 4.14. The fourth-order valence-corrected chi connectivity index (χ4v) is 2.23. The van der Waals surface area contributed by atoms with E-state index in [4.69, 9.17) is 4.42 Å². The SMILES string of the molecule is CN(CC1CCCN1C)c1ccc(C=O)o1. The molecule has 0 radical (unpaired) electrons. The lowest BCUT2D eigenvalue weighted by atomic mass is 10.2. The molecule has 0 bridgehead atoms. The minimum atomic E-state index is 0.390. The van der Waals surface area contributed by atoms with E-state index in [1.807, 2.05) is 13.1 Å². The Morgan fingerprint density at radius 2 is 2.44 bits per heavy atom. The molecule has 0 aliphatic carbocycles. The summed E-state index contributed by atoms with van der Waals surface area (Å²) in [4.78, 5) is 15.0. The second-order valence-electron chi connectivity index (χ2n) is 4.45. The van der Waals surface area contributed by atoms with Gasteiger partial charge in [-0.2, -0.15) is 0 Å². The minimum Gasteiger partial charge on any atom is -0.438 e. The van der Waals surface area contributed by atoms with Crippen LogP contribution in [-0.2, 0) is 0 Å². The van der Waals surface area contributed by atoms with Crippen LogP contribution in [0.2, 0.25) is 0 Å². The van der Waals surface area contributed by atoms with Crippen molar-refractivity contribution in [2.24, 2.45) is 0 Å².